The maximum Gasteiger partial charge on any atom is 0.178 e. The van der Waals surface area contributed by atoms with Crippen LogP contribution in [0.15, 0.2) is 0 Å². The van der Waals surface area contributed by atoms with Gasteiger partial charge in [0.2, 0.25) is 0 Å². The lowest BCUT2D eigenvalue weighted by Gasteiger charge is -2.30. The minimum absolute atomic E-state index is 0.188. The predicted molar refractivity (Wildman–Crippen MR) is 54.5 cm³/mol. The molecule has 0 aromatic carbocycles. The molecule has 2 saturated carbocycles. The van der Waals surface area contributed by atoms with E-state index in [9.17, 15) is 9.18 Å². The molecule has 90 valence electrons. The van der Waals surface area contributed by atoms with Gasteiger partial charge in [0.1, 0.15) is 12.5 Å². The summed E-state index contributed by atoms with van der Waals surface area (Å²) in [6, 6.07) is 0. The number of aldehydes is 1. The van der Waals surface area contributed by atoms with E-state index in [0.717, 1.165) is 12.7 Å². The Morgan fingerprint density at radius 2 is 2.00 bits per heavy atom. The van der Waals surface area contributed by atoms with Crippen LogP contribution in [0.5, 0.6) is 0 Å². The molecule has 3 fully saturated rings. The van der Waals surface area contributed by atoms with Gasteiger partial charge in [-0.25, -0.2) is 4.39 Å². The lowest BCUT2D eigenvalue weighted by atomic mass is 9.77. The van der Waals surface area contributed by atoms with E-state index >= 15 is 0 Å². The van der Waals surface area contributed by atoms with E-state index in [1.165, 1.54) is 0 Å². The number of rotatable bonds is 1. The molecule has 3 aliphatic rings. The molecule has 0 unspecified atom stereocenters. The van der Waals surface area contributed by atoms with Gasteiger partial charge in [0.05, 0.1) is 19.1 Å². The van der Waals surface area contributed by atoms with Crippen LogP contribution < -0.4 is 0 Å². The van der Waals surface area contributed by atoms with Crippen molar-refractivity contribution in [1.29, 1.82) is 0 Å². The third-order valence-electron chi connectivity index (χ3n) is 4.42. The summed E-state index contributed by atoms with van der Waals surface area (Å²) in [6.07, 6.45) is 2.91. The summed E-state index contributed by atoms with van der Waals surface area (Å²) in [5.74, 6) is -0.367. The topological polar surface area (TPSA) is 35.5 Å². The van der Waals surface area contributed by atoms with Gasteiger partial charge >= 0.3 is 0 Å². The summed E-state index contributed by atoms with van der Waals surface area (Å²) in [5, 5.41) is 0. The summed E-state index contributed by atoms with van der Waals surface area (Å²) >= 11 is 0. The van der Waals surface area contributed by atoms with Crippen LogP contribution in [0.1, 0.15) is 25.7 Å². The van der Waals surface area contributed by atoms with Crippen LogP contribution in [0.25, 0.3) is 0 Å². The second-order valence-electron chi connectivity index (χ2n) is 5.21. The number of ether oxygens (including phenoxy) is 2. The smallest absolute Gasteiger partial charge is 0.178 e. The van der Waals surface area contributed by atoms with Crippen molar-refractivity contribution < 1.29 is 18.7 Å². The van der Waals surface area contributed by atoms with Crippen LogP contribution in [-0.2, 0) is 14.3 Å². The Labute approximate surface area is 94.3 Å². The molecule has 2 aliphatic carbocycles. The van der Waals surface area contributed by atoms with Crippen molar-refractivity contribution in [3.8, 4) is 0 Å². The van der Waals surface area contributed by atoms with Crippen LogP contribution in [0, 0.1) is 17.8 Å². The first kappa shape index (κ1) is 10.7. The monoisotopic (exact) mass is 228 g/mol. The Morgan fingerprint density at radius 3 is 2.69 bits per heavy atom. The average molecular weight is 228 g/mol. The average Bonchev–Trinajstić information content (AvgIpc) is 2.83. The second-order valence-corrected chi connectivity index (χ2v) is 5.21. The van der Waals surface area contributed by atoms with Gasteiger partial charge in [-0.1, -0.05) is 0 Å². The molecule has 16 heavy (non-hydrogen) atoms. The van der Waals surface area contributed by atoms with Crippen molar-refractivity contribution in [3.05, 3.63) is 0 Å². The molecule has 1 heterocycles. The highest BCUT2D eigenvalue weighted by atomic mass is 19.1. The Hall–Kier alpha value is -0.480. The Morgan fingerprint density at radius 1 is 1.25 bits per heavy atom. The van der Waals surface area contributed by atoms with Gasteiger partial charge in [-0.3, -0.25) is 0 Å². The number of carbonyl (C=O) groups excluding carboxylic acids is 1. The minimum atomic E-state index is -0.707. The van der Waals surface area contributed by atoms with E-state index in [-0.39, 0.29) is 17.8 Å². The Bertz CT molecular complexity index is 288. The second kappa shape index (κ2) is 3.77. The molecular formula is C12H17FO3. The molecule has 0 N–H and O–H groups in total. The third-order valence-corrected chi connectivity index (χ3v) is 4.42. The van der Waals surface area contributed by atoms with Crippen molar-refractivity contribution in [3.63, 3.8) is 0 Å². The van der Waals surface area contributed by atoms with E-state index in [1.54, 1.807) is 0 Å². The fourth-order valence-electron chi connectivity index (χ4n) is 3.75. The largest absolute Gasteiger partial charge is 0.347 e. The highest BCUT2D eigenvalue weighted by molar-refractivity contribution is 5.57. The standard InChI is InChI=1S/C12H17FO3/c13-9-1-2-10-8(5-9)6-12(11(10)7-14)15-3-4-16-12/h7-11H,1-6H2/t8-,9+,10-,11+/m1/s1. The maximum absolute atomic E-state index is 13.4. The molecular weight excluding hydrogens is 211 g/mol. The van der Waals surface area contributed by atoms with E-state index in [0.29, 0.717) is 32.5 Å². The quantitative estimate of drug-likeness (QED) is 0.641. The van der Waals surface area contributed by atoms with Gasteiger partial charge in [0, 0.05) is 6.42 Å². The number of hydrogen-bond acceptors (Lipinski definition) is 3. The summed E-state index contributed by atoms with van der Waals surface area (Å²) in [5.41, 5.74) is 0. The molecule has 3 nitrogen and oxygen atoms in total. The fourth-order valence-corrected chi connectivity index (χ4v) is 3.75. The molecule has 0 radical (unpaired) electrons. The lowest BCUT2D eigenvalue weighted by molar-refractivity contribution is -0.184. The summed E-state index contributed by atoms with van der Waals surface area (Å²) in [6.45, 7) is 1.12. The van der Waals surface area contributed by atoms with Gasteiger partial charge in [-0.15, -0.1) is 0 Å². The Balaban J connectivity index is 1.85. The predicted octanol–water partition coefficient (Wildman–Crippen LogP) is 1.70. The van der Waals surface area contributed by atoms with E-state index < -0.39 is 12.0 Å². The molecule has 4 atom stereocenters. The zero-order valence-electron chi connectivity index (χ0n) is 9.23. The lowest BCUT2D eigenvalue weighted by Crippen LogP contribution is -2.37. The van der Waals surface area contributed by atoms with Crippen molar-refractivity contribution in [2.24, 2.45) is 17.8 Å². The summed E-state index contributed by atoms with van der Waals surface area (Å²) in [4.78, 5) is 11.3. The first-order valence-electron chi connectivity index (χ1n) is 6.12. The van der Waals surface area contributed by atoms with Gasteiger partial charge in [-0.2, -0.15) is 0 Å². The number of halogens is 1. The summed E-state index contributed by atoms with van der Waals surface area (Å²) < 4.78 is 24.7. The van der Waals surface area contributed by atoms with Gasteiger partial charge < -0.3 is 14.3 Å². The Kier molecular flexibility index (Phi) is 2.51. The molecule has 1 aliphatic heterocycles. The number of carbonyl (C=O) groups is 1. The first-order valence-corrected chi connectivity index (χ1v) is 6.12. The van der Waals surface area contributed by atoms with Crippen molar-refractivity contribution in [2.45, 2.75) is 37.6 Å². The third kappa shape index (κ3) is 1.43. The minimum Gasteiger partial charge on any atom is -0.347 e. The molecule has 3 rings (SSSR count). The highest BCUT2D eigenvalue weighted by Crippen LogP contribution is 2.53. The van der Waals surface area contributed by atoms with Crippen LogP contribution in [-0.4, -0.2) is 31.5 Å². The van der Waals surface area contributed by atoms with E-state index in [1.807, 2.05) is 0 Å². The van der Waals surface area contributed by atoms with Crippen molar-refractivity contribution in [1.82, 2.24) is 0 Å². The van der Waals surface area contributed by atoms with Crippen molar-refractivity contribution in [2.75, 3.05) is 13.2 Å². The molecule has 0 bridgehead atoms. The van der Waals surface area contributed by atoms with Crippen LogP contribution in [0.3, 0.4) is 0 Å². The van der Waals surface area contributed by atoms with Crippen molar-refractivity contribution >= 4 is 6.29 Å². The van der Waals surface area contributed by atoms with Gasteiger partial charge in [0.15, 0.2) is 5.79 Å². The maximum atomic E-state index is 13.4. The van der Waals surface area contributed by atoms with E-state index in [4.69, 9.17) is 9.47 Å². The fraction of sp³-hybridized carbons (Fsp3) is 0.917. The SMILES string of the molecule is O=C[C@H]1[C@@H]2CC[C@H](F)C[C@@H]2CC12OCCO2. The highest BCUT2D eigenvalue weighted by Gasteiger charge is 2.58. The van der Waals surface area contributed by atoms with Gasteiger partial charge in [0.25, 0.3) is 0 Å². The first-order chi connectivity index (χ1) is 7.75. The van der Waals surface area contributed by atoms with Crippen LogP contribution >= 0.6 is 0 Å². The number of fused-ring (bicyclic) bond motifs is 1. The van der Waals surface area contributed by atoms with Gasteiger partial charge in [-0.05, 0) is 31.1 Å². The molecule has 4 heteroatoms. The number of hydrogen-bond donors (Lipinski definition) is 0. The molecule has 1 spiro atoms. The molecule has 0 amide bonds. The normalized spacial score (nSPS) is 45.8. The number of alkyl halides is 1. The zero-order valence-corrected chi connectivity index (χ0v) is 9.23. The van der Waals surface area contributed by atoms with E-state index in [2.05, 4.69) is 0 Å². The molecule has 0 aromatic rings. The molecule has 1 saturated heterocycles. The zero-order chi connectivity index (χ0) is 11.2. The summed E-state index contributed by atoms with van der Waals surface area (Å²) in [7, 11) is 0. The van der Waals surface area contributed by atoms with Crippen LogP contribution in [0.4, 0.5) is 4.39 Å². The molecule has 0 aromatic heterocycles. The van der Waals surface area contributed by atoms with Crippen LogP contribution in [0.2, 0.25) is 0 Å².